The molecule has 0 unspecified atom stereocenters. The molecule has 0 radical (unpaired) electrons. The Balaban J connectivity index is 1.42. The summed E-state index contributed by atoms with van der Waals surface area (Å²) in [6, 6.07) is 9.04. The molecular formula is C20H26ClN5O2S. The van der Waals surface area contributed by atoms with Gasteiger partial charge in [-0.25, -0.2) is 13.4 Å². The zero-order valence-electron chi connectivity index (χ0n) is 16.6. The second-order valence-electron chi connectivity index (χ2n) is 7.63. The number of anilines is 2. The Morgan fingerprint density at radius 3 is 2.38 bits per heavy atom. The van der Waals surface area contributed by atoms with E-state index in [1.54, 1.807) is 28.6 Å². The molecule has 0 atom stereocenters. The van der Waals surface area contributed by atoms with Gasteiger partial charge in [0.2, 0.25) is 16.0 Å². The molecule has 0 saturated carbocycles. The molecule has 0 spiro atoms. The second kappa shape index (κ2) is 8.45. The van der Waals surface area contributed by atoms with Crippen LogP contribution in [-0.2, 0) is 15.8 Å². The van der Waals surface area contributed by atoms with Crippen LogP contribution in [0.3, 0.4) is 0 Å². The molecule has 2 fully saturated rings. The molecule has 156 valence electrons. The van der Waals surface area contributed by atoms with Gasteiger partial charge in [0.05, 0.1) is 5.75 Å². The van der Waals surface area contributed by atoms with E-state index in [1.165, 1.54) is 12.8 Å². The maximum absolute atomic E-state index is 12.8. The lowest BCUT2D eigenvalue weighted by atomic mass is 10.2. The first-order chi connectivity index (χ1) is 13.9. The van der Waals surface area contributed by atoms with E-state index < -0.39 is 10.0 Å². The third kappa shape index (κ3) is 4.82. The second-order valence-corrected chi connectivity index (χ2v) is 10.0. The van der Waals surface area contributed by atoms with Gasteiger partial charge in [-0.3, -0.25) is 0 Å². The van der Waals surface area contributed by atoms with Crippen molar-refractivity contribution in [2.24, 2.45) is 0 Å². The van der Waals surface area contributed by atoms with Gasteiger partial charge in [-0.1, -0.05) is 23.7 Å². The van der Waals surface area contributed by atoms with Crippen molar-refractivity contribution in [3.05, 3.63) is 46.6 Å². The molecule has 0 amide bonds. The van der Waals surface area contributed by atoms with Gasteiger partial charge in [0, 0.05) is 56.1 Å². The van der Waals surface area contributed by atoms with Crippen molar-refractivity contribution >= 4 is 33.4 Å². The van der Waals surface area contributed by atoms with E-state index in [1.807, 2.05) is 13.0 Å². The summed E-state index contributed by atoms with van der Waals surface area (Å²) in [5.41, 5.74) is 1.64. The van der Waals surface area contributed by atoms with Gasteiger partial charge in [0.1, 0.15) is 5.82 Å². The van der Waals surface area contributed by atoms with Gasteiger partial charge < -0.3 is 9.80 Å². The number of piperazine rings is 1. The van der Waals surface area contributed by atoms with Crippen LogP contribution in [0.5, 0.6) is 0 Å². The van der Waals surface area contributed by atoms with Crippen LogP contribution in [0.15, 0.2) is 30.3 Å². The van der Waals surface area contributed by atoms with Crippen LogP contribution in [0.25, 0.3) is 0 Å². The van der Waals surface area contributed by atoms with Crippen molar-refractivity contribution in [2.75, 3.05) is 49.1 Å². The Hall–Kier alpha value is -1.90. The fourth-order valence-electron chi connectivity index (χ4n) is 3.88. The molecule has 2 aromatic rings. The molecule has 2 aliphatic heterocycles. The highest BCUT2D eigenvalue weighted by molar-refractivity contribution is 7.88. The standard InChI is InChI=1S/C20H26ClN5O2S/c1-16-13-19(24-7-2-3-8-24)23-20(22-16)25-9-11-26(12-10-25)29(27,28)15-17-5-4-6-18(21)14-17/h4-6,13-14H,2-3,7-12,15H2,1H3. The zero-order chi connectivity index (χ0) is 20.4. The number of benzene rings is 1. The van der Waals surface area contributed by atoms with Crippen LogP contribution < -0.4 is 9.80 Å². The number of rotatable bonds is 5. The molecule has 0 N–H and O–H groups in total. The monoisotopic (exact) mass is 435 g/mol. The zero-order valence-corrected chi connectivity index (χ0v) is 18.2. The lowest BCUT2D eigenvalue weighted by Gasteiger charge is -2.34. The van der Waals surface area contributed by atoms with Crippen molar-refractivity contribution in [1.29, 1.82) is 0 Å². The first-order valence-electron chi connectivity index (χ1n) is 9.98. The summed E-state index contributed by atoms with van der Waals surface area (Å²) in [5.74, 6) is 1.63. The summed E-state index contributed by atoms with van der Waals surface area (Å²) in [5, 5.41) is 0.549. The van der Waals surface area contributed by atoms with Crippen molar-refractivity contribution in [1.82, 2.24) is 14.3 Å². The Bertz CT molecular complexity index is 971. The van der Waals surface area contributed by atoms with Crippen LogP contribution in [0.2, 0.25) is 5.02 Å². The first kappa shape index (κ1) is 20.4. The molecule has 1 aromatic heterocycles. The molecule has 3 heterocycles. The Kier molecular flexibility index (Phi) is 5.94. The molecule has 0 aliphatic carbocycles. The van der Waals surface area contributed by atoms with Crippen LogP contribution in [0.4, 0.5) is 11.8 Å². The van der Waals surface area contributed by atoms with E-state index in [9.17, 15) is 8.42 Å². The maximum Gasteiger partial charge on any atom is 0.227 e. The minimum atomic E-state index is -3.39. The van der Waals surface area contributed by atoms with Gasteiger partial charge in [0.25, 0.3) is 0 Å². The average molecular weight is 436 g/mol. The van der Waals surface area contributed by atoms with Gasteiger partial charge >= 0.3 is 0 Å². The normalized spacial score (nSPS) is 18.4. The highest BCUT2D eigenvalue weighted by atomic mass is 35.5. The topological polar surface area (TPSA) is 69.6 Å². The van der Waals surface area contributed by atoms with Crippen molar-refractivity contribution in [3.63, 3.8) is 0 Å². The highest BCUT2D eigenvalue weighted by Gasteiger charge is 2.28. The fraction of sp³-hybridized carbons (Fsp3) is 0.500. The number of hydrogen-bond acceptors (Lipinski definition) is 6. The smallest absolute Gasteiger partial charge is 0.227 e. The Morgan fingerprint density at radius 2 is 1.69 bits per heavy atom. The van der Waals surface area contributed by atoms with Gasteiger partial charge in [0.15, 0.2) is 0 Å². The van der Waals surface area contributed by atoms with Gasteiger partial charge in [-0.05, 0) is 37.5 Å². The largest absolute Gasteiger partial charge is 0.356 e. The van der Waals surface area contributed by atoms with Crippen LogP contribution >= 0.6 is 11.6 Å². The molecular weight excluding hydrogens is 410 g/mol. The quantitative estimate of drug-likeness (QED) is 0.719. The van der Waals surface area contributed by atoms with Crippen molar-refractivity contribution < 1.29 is 8.42 Å². The minimum Gasteiger partial charge on any atom is -0.356 e. The molecule has 2 aliphatic rings. The number of halogens is 1. The number of nitrogens with zero attached hydrogens (tertiary/aromatic N) is 5. The first-order valence-corrected chi connectivity index (χ1v) is 12.0. The van der Waals surface area contributed by atoms with Crippen LogP contribution in [-0.4, -0.2) is 62.0 Å². The Labute approximate surface area is 177 Å². The van der Waals surface area contributed by atoms with E-state index in [0.717, 1.165) is 24.6 Å². The molecule has 9 heteroatoms. The fourth-order valence-corrected chi connectivity index (χ4v) is 5.60. The number of sulfonamides is 1. The van der Waals surface area contributed by atoms with Crippen LogP contribution in [0, 0.1) is 6.92 Å². The van der Waals surface area contributed by atoms with E-state index in [4.69, 9.17) is 16.6 Å². The minimum absolute atomic E-state index is 0.0341. The summed E-state index contributed by atoms with van der Waals surface area (Å²) < 4.78 is 27.2. The predicted molar refractivity (Wildman–Crippen MR) is 116 cm³/mol. The van der Waals surface area contributed by atoms with Gasteiger partial charge in [-0.2, -0.15) is 9.29 Å². The number of aromatic nitrogens is 2. The molecule has 7 nitrogen and oxygen atoms in total. The summed E-state index contributed by atoms with van der Waals surface area (Å²) in [4.78, 5) is 13.7. The van der Waals surface area contributed by atoms with E-state index in [-0.39, 0.29) is 5.75 Å². The molecule has 4 rings (SSSR count). The van der Waals surface area contributed by atoms with Crippen LogP contribution in [0.1, 0.15) is 24.1 Å². The maximum atomic E-state index is 12.8. The van der Waals surface area contributed by atoms with Crippen molar-refractivity contribution in [2.45, 2.75) is 25.5 Å². The summed E-state index contributed by atoms with van der Waals surface area (Å²) in [6.45, 7) is 6.07. The summed E-state index contributed by atoms with van der Waals surface area (Å²) in [6.07, 6.45) is 2.39. The van der Waals surface area contributed by atoms with Crippen molar-refractivity contribution in [3.8, 4) is 0 Å². The van der Waals surface area contributed by atoms with E-state index >= 15 is 0 Å². The number of hydrogen-bond donors (Lipinski definition) is 0. The molecule has 1 aromatic carbocycles. The highest BCUT2D eigenvalue weighted by Crippen LogP contribution is 2.23. The SMILES string of the molecule is Cc1cc(N2CCCC2)nc(N2CCN(S(=O)(=O)Cc3cccc(Cl)c3)CC2)n1. The summed E-state index contributed by atoms with van der Waals surface area (Å²) >= 11 is 5.99. The molecule has 2 saturated heterocycles. The predicted octanol–water partition coefficient (Wildman–Crippen LogP) is 2.69. The lowest BCUT2D eigenvalue weighted by molar-refractivity contribution is 0.382. The number of aryl methyl sites for hydroxylation is 1. The Morgan fingerprint density at radius 1 is 0.966 bits per heavy atom. The lowest BCUT2D eigenvalue weighted by Crippen LogP contribution is -2.49. The molecule has 29 heavy (non-hydrogen) atoms. The average Bonchev–Trinajstić information content (AvgIpc) is 3.22. The molecule has 0 bridgehead atoms. The van der Waals surface area contributed by atoms with Gasteiger partial charge in [-0.15, -0.1) is 0 Å². The third-order valence-electron chi connectivity index (χ3n) is 5.41. The third-order valence-corrected chi connectivity index (χ3v) is 7.50. The van der Waals surface area contributed by atoms with E-state index in [0.29, 0.717) is 42.7 Å². The van der Waals surface area contributed by atoms with E-state index in [2.05, 4.69) is 14.8 Å². The summed E-state index contributed by atoms with van der Waals surface area (Å²) in [7, 11) is -3.39.